The molecule has 5 aromatic rings. The van der Waals surface area contributed by atoms with Gasteiger partial charge >= 0.3 is 12.1 Å². The number of hydrogen-bond donors (Lipinski definition) is 3. The number of carboxylic acid groups (broad SMARTS) is 1. The molecule has 1 aromatic heterocycles. The lowest BCUT2D eigenvalue weighted by Gasteiger charge is -2.13. The first-order valence-electron chi connectivity index (χ1n) is 11.3. The average Bonchev–Trinajstić information content (AvgIpc) is 3.19. The average molecular weight is 552 g/mol. The van der Waals surface area contributed by atoms with E-state index in [1.807, 2.05) is 0 Å². The lowest BCUT2D eigenvalue weighted by atomic mass is 10.0. The Balaban J connectivity index is 1.61. The van der Waals surface area contributed by atoms with Crippen LogP contribution in [0.1, 0.15) is 15.9 Å². The van der Waals surface area contributed by atoms with Crippen LogP contribution in [-0.2, 0) is 6.18 Å². The van der Waals surface area contributed by atoms with Gasteiger partial charge in [0.05, 0.1) is 21.7 Å². The normalized spacial score (nSPS) is 11.9. The quantitative estimate of drug-likeness (QED) is 0.190. The number of phenols is 1. The summed E-state index contributed by atoms with van der Waals surface area (Å²) in [5.74, 6) is -1.87. The third-order valence-electron chi connectivity index (χ3n) is 6.03. The van der Waals surface area contributed by atoms with Gasteiger partial charge in [0.2, 0.25) is 5.88 Å². The van der Waals surface area contributed by atoms with E-state index in [0.29, 0.717) is 22.0 Å². The van der Waals surface area contributed by atoms with Crippen molar-refractivity contribution in [2.24, 2.45) is 10.2 Å². The number of nitrogens with zero attached hydrogens (tertiary/aromatic N) is 3. The molecule has 0 amide bonds. The molecule has 11 heteroatoms. The molecule has 0 spiro atoms. The number of phenolic OH excluding ortho intramolecular Hbond substituents is 1. The Kier molecular flexibility index (Phi) is 6.49. The highest BCUT2D eigenvalue weighted by atomic mass is 35.5. The van der Waals surface area contributed by atoms with E-state index in [1.54, 1.807) is 48.5 Å². The first kappa shape index (κ1) is 25.8. The number of para-hydroxylation sites is 2. The molecule has 0 unspecified atom stereocenters. The number of halogens is 4. The number of rotatable bonds is 5. The summed E-state index contributed by atoms with van der Waals surface area (Å²) in [5.41, 5.74) is 0.0763. The number of fused-ring (bicyclic) bond motifs is 1. The second kappa shape index (κ2) is 9.80. The molecule has 196 valence electrons. The second-order valence-electron chi connectivity index (χ2n) is 8.45. The monoisotopic (exact) mass is 551 g/mol. The molecule has 0 aliphatic heterocycles. The second-order valence-corrected chi connectivity index (χ2v) is 8.85. The zero-order valence-electron chi connectivity index (χ0n) is 19.7. The van der Waals surface area contributed by atoms with Crippen LogP contribution in [0.5, 0.6) is 11.6 Å². The molecule has 3 N–H and O–H groups in total. The summed E-state index contributed by atoms with van der Waals surface area (Å²) in [6.45, 7) is 0. The van der Waals surface area contributed by atoms with E-state index < -0.39 is 28.6 Å². The van der Waals surface area contributed by atoms with Gasteiger partial charge in [-0.05, 0) is 48.0 Å². The van der Waals surface area contributed by atoms with Crippen LogP contribution in [0.25, 0.3) is 27.7 Å². The number of aromatic nitrogens is 1. The molecule has 5 rings (SSSR count). The number of aromatic hydroxyl groups is 2. The molecule has 0 atom stereocenters. The van der Waals surface area contributed by atoms with Gasteiger partial charge in [-0.1, -0.05) is 54.1 Å². The van der Waals surface area contributed by atoms with E-state index in [2.05, 4.69) is 10.2 Å². The largest absolute Gasteiger partial charge is 0.505 e. The Labute approximate surface area is 223 Å². The van der Waals surface area contributed by atoms with Crippen molar-refractivity contribution >= 4 is 39.8 Å². The molecular weight excluding hydrogens is 535 g/mol. The fourth-order valence-electron chi connectivity index (χ4n) is 4.21. The Morgan fingerprint density at radius 1 is 0.872 bits per heavy atom. The van der Waals surface area contributed by atoms with Crippen LogP contribution in [0.4, 0.5) is 24.5 Å². The summed E-state index contributed by atoms with van der Waals surface area (Å²) in [6.07, 6.45) is -4.71. The number of aromatic carboxylic acids is 1. The number of azo groups is 1. The van der Waals surface area contributed by atoms with E-state index in [4.69, 9.17) is 11.6 Å². The maximum absolute atomic E-state index is 13.5. The molecule has 0 radical (unpaired) electrons. The minimum Gasteiger partial charge on any atom is -0.505 e. The zero-order chi connectivity index (χ0) is 27.9. The number of carbonyl (C=O) groups is 1. The van der Waals surface area contributed by atoms with Gasteiger partial charge in [-0.25, -0.2) is 4.79 Å². The fraction of sp³-hybridized carbons (Fsp3) is 0.0357. The SMILES string of the molecule is O=C(O)c1cccc(-c2cccc(N=Nc3c(O)n(-c4ccc(Cl)c(C(F)(F)F)c4)c4ccccc34)c2O)c1. The minimum absolute atomic E-state index is 0.00466. The van der Waals surface area contributed by atoms with Gasteiger partial charge < -0.3 is 15.3 Å². The van der Waals surface area contributed by atoms with Crippen LogP contribution in [-0.4, -0.2) is 25.9 Å². The Morgan fingerprint density at radius 2 is 1.62 bits per heavy atom. The van der Waals surface area contributed by atoms with Crippen LogP contribution in [0.2, 0.25) is 5.02 Å². The van der Waals surface area contributed by atoms with E-state index >= 15 is 0 Å². The number of alkyl halides is 3. The molecule has 7 nitrogen and oxygen atoms in total. The van der Waals surface area contributed by atoms with E-state index in [-0.39, 0.29) is 28.4 Å². The highest BCUT2D eigenvalue weighted by Crippen LogP contribution is 2.44. The van der Waals surface area contributed by atoms with Crippen LogP contribution in [0, 0.1) is 0 Å². The molecule has 0 aliphatic carbocycles. The smallest absolute Gasteiger partial charge is 0.417 e. The topological polar surface area (TPSA) is 107 Å². The summed E-state index contributed by atoms with van der Waals surface area (Å²) in [6, 6.07) is 20.4. The first-order valence-corrected chi connectivity index (χ1v) is 11.7. The molecule has 39 heavy (non-hydrogen) atoms. The molecule has 0 saturated carbocycles. The molecule has 0 aliphatic rings. The molecule has 0 fully saturated rings. The summed E-state index contributed by atoms with van der Waals surface area (Å²) in [7, 11) is 0. The third-order valence-corrected chi connectivity index (χ3v) is 6.36. The summed E-state index contributed by atoms with van der Waals surface area (Å²) >= 11 is 5.77. The predicted molar refractivity (Wildman–Crippen MR) is 140 cm³/mol. The van der Waals surface area contributed by atoms with E-state index in [9.17, 15) is 33.3 Å². The third kappa shape index (κ3) is 4.77. The first-order chi connectivity index (χ1) is 18.6. The van der Waals surface area contributed by atoms with Gasteiger partial charge in [-0.3, -0.25) is 4.57 Å². The molecule has 0 bridgehead atoms. The van der Waals surface area contributed by atoms with Gasteiger partial charge in [0, 0.05) is 16.6 Å². The maximum Gasteiger partial charge on any atom is 0.417 e. The van der Waals surface area contributed by atoms with Crippen LogP contribution in [0.15, 0.2) is 95.2 Å². The molecule has 0 saturated heterocycles. The summed E-state index contributed by atoms with van der Waals surface area (Å²) < 4.78 is 41.7. The highest BCUT2D eigenvalue weighted by molar-refractivity contribution is 6.31. The Morgan fingerprint density at radius 3 is 2.36 bits per heavy atom. The van der Waals surface area contributed by atoms with Gasteiger partial charge in [0.15, 0.2) is 11.4 Å². The van der Waals surface area contributed by atoms with E-state index in [1.165, 1.54) is 28.8 Å². The fourth-order valence-corrected chi connectivity index (χ4v) is 4.43. The lowest BCUT2D eigenvalue weighted by Crippen LogP contribution is -2.07. The highest BCUT2D eigenvalue weighted by Gasteiger charge is 2.34. The molecule has 4 aromatic carbocycles. The van der Waals surface area contributed by atoms with Crippen molar-refractivity contribution in [3.8, 4) is 28.4 Å². The zero-order valence-corrected chi connectivity index (χ0v) is 20.4. The summed E-state index contributed by atoms with van der Waals surface area (Å²) in [5, 5.41) is 39.3. The van der Waals surface area contributed by atoms with Crippen molar-refractivity contribution < 1.29 is 33.3 Å². The van der Waals surface area contributed by atoms with Gasteiger partial charge in [-0.2, -0.15) is 13.2 Å². The molecular formula is C28H17ClF3N3O4. The minimum atomic E-state index is -4.71. The van der Waals surface area contributed by atoms with Crippen molar-refractivity contribution in [1.29, 1.82) is 0 Å². The van der Waals surface area contributed by atoms with Crippen LogP contribution in [0.3, 0.4) is 0 Å². The Bertz CT molecular complexity index is 1780. The lowest BCUT2D eigenvalue weighted by molar-refractivity contribution is -0.137. The van der Waals surface area contributed by atoms with Crippen molar-refractivity contribution in [2.45, 2.75) is 6.18 Å². The van der Waals surface area contributed by atoms with E-state index in [0.717, 1.165) is 12.1 Å². The van der Waals surface area contributed by atoms with Crippen molar-refractivity contribution in [3.05, 3.63) is 101 Å². The van der Waals surface area contributed by atoms with Gasteiger partial charge in [0.25, 0.3) is 0 Å². The summed E-state index contributed by atoms with van der Waals surface area (Å²) in [4.78, 5) is 11.3. The standard InChI is InChI=1S/C28H17ClF3N3O4/c29-21-12-11-17(14-20(21)28(30,31)32)35-23-10-2-1-7-19(23)24(26(35)37)34-33-22-9-4-8-18(25(22)36)15-5-3-6-16(13-15)27(38)39/h1-14,36-37H,(H,38,39). The van der Waals surface area contributed by atoms with Crippen molar-refractivity contribution in [1.82, 2.24) is 4.57 Å². The molecule has 1 heterocycles. The number of hydrogen-bond acceptors (Lipinski definition) is 5. The number of carboxylic acids is 1. The Hall–Kier alpha value is -4.83. The van der Waals surface area contributed by atoms with Crippen molar-refractivity contribution in [3.63, 3.8) is 0 Å². The maximum atomic E-state index is 13.5. The number of benzene rings is 4. The van der Waals surface area contributed by atoms with Gasteiger partial charge in [0.1, 0.15) is 5.69 Å². The van der Waals surface area contributed by atoms with Crippen LogP contribution >= 0.6 is 11.6 Å². The van der Waals surface area contributed by atoms with Crippen LogP contribution < -0.4 is 0 Å². The van der Waals surface area contributed by atoms with Gasteiger partial charge in [-0.15, -0.1) is 10.2 Å². The van der Waals surface area contributed by atoms with Crippen molar-refractivity contribution in [2.75, 3.05) is 0 Å². The predicted octanol–water partition coefficient (Wildman–Crippen LogP) is 8.49.